The van der Waals surface area contributed by atoms with Gasteiger partial charge in [0.15, 0.2) is 0 Å². The van der Waals surface area contributed by atoms with Gasteiger partial charge < -0.3 is 15.0 Å². The molecule has 0 unspecified atom stereocenters. The Hall–Kier alpha value is -2.64. The molecule has 1 fully saturated rings. The molecule has 1 atom stereocenters. The second kappa shape index (κ2) is 6.64. The molecule has 0 saturated carbocycles. The SMILES string of the molecule is COc1ccc([N+](=O)[O-])cc1NC(=O)[C@H]1CC(=O)N(C(C)C)C1. The summed E-state index contributed by atoms with van der Waals surface area (Å²) in [6, 6.07) is 4.00. The molecule has 2 amide bonds. The van der Waals surface area contributed by atoms with Gasteiger partial charge in [0.25, 0.3) is 5.69 Å². The number of ether oxygens (including phenoxy) is 1. The predicted octanol–water partition coefficient (Wildman–Crippen LogP) is 1.80. The number of benzene rings is 1. The Balaban J connectivity index is 2.16. The first-order valence-electron chi connectivity index (χ1n) is 7.26. The highest BCUT2D eigenvalue weighted by molar-refractivity contribution is 5.98. The van der Waals surface area contributed by atoms with Crippen LogP contribution < -0.4 is 10.1 Å². The van der Waals surface area contributed by atoms with Gasteiger partial charge in [0, 0.05) is 31.1 Å². The minimum Gasteiger partial charge on any atom is -0.495 e. The molecule has 1 N–H and O–H groups in total. The van der Waals surface area contributed by atoms with Crippen LogP contribution in [0.25, 0.3) is 0 Å². The summed E-state index contributed by atoms with van der Waals surface area (Å²) in [5.41, 5.74) is 0.0783. The summed E-state index contributed by atoms with van der Waals surface area (Å²) in [6.45, 7) is 4.13. The molecular formula is C15H19N3O5. The van der Waals surface area contributed by atoms with E-state index in [1.165, 1.54) is 25.3 Å². The van der Waals surface area contributed by atoms with Gasteiger partial charge in [-0.2, -0.15) is 0 Å². The summed E-state index contributed by atoms with van der Waals surface area (Å²) < 4.78 is 5.11. The van der Waals surface area contributed by atoms with Crippen molar-refractivity contribution in [2.24, 2.45) is 5.92 Å². The van der Waals surface area contributed by atoms with Crippen LogP contribution in [-0.2, 0) is 9.59 Å². The van der Waals surface area contributed by atoms with Crippen LogP contribution in [0.15, 0.2) is 18.2 Å². The Kier molecular flexibility index (Phi) is 4.83. The lowest BCUT2D eigenvalue weighted by Gasteiger charge is -2.20. The Morgan fingerprint density at radius 1 is 1.48 bits per heavy atom. The van der Waals surface area contributed by atoms with Gasteiger partial charge in [-0.1, -0.05) is 0 Å². The first kappa shape index (κ1) is 16.7. The standard InChI is InChI=1S/C15H19N3O5/c1-9(2)17-8-10(6-14(17)19)15(20)16-12-7-11(18(21)22)4-5-13(12)23-3/h4-5,7,9-10H,6,8H2,1-3H3,(H,16,20)/t10-/m0/s1. The van der Waals surface area contributed by atoms with Crippen molar-refractivity contribution in [1.29, 1.82) is 0 Å². The highest BCUT2D eigenvalue weighted by atomic mass is 16.6. The van der Waals surface area contributed by atoms with Crippen LogP contribution >= 0.6 is 0 Å². The Morgan fingerprint density at radius 2 is 2.17 bits per heavy atom. The molecule has 1 aromatic rings. The second-order valence-electron chi connectivity index (χ2n) is 5.67. The van der Waals surface area contributed by atoms with Gasteiger partial charge in [0.1, 0.15) is 5.75 Å². The molecule has 0 radical (unpaired) electrons. The maximum absolute atomic E-state index is 12.4. The maximum Gasteiger partial charge on any atom is 0.271 e. The predicted molar refractivity (Wildman–Crippen MR) is 83.2 cm³/mol. The highest BCUT2D eigenvalue weighted by Gasteiger charge is 2.35. The quantitative estimate of drug-likeness (QED) is 0.658. The zero-order valence-electron chi connectivity index (χ0n) is 13.2. The van der Waals surface area contributed by atoms with Gasteiger partial charge in [-0.25, -0.2) is 0 Å². The lowest BCUT2D eigenvalue weighted by molar-refractivity contribution is -0.384. The fourth-order valence-corrected chi connectivity index (χ4v) is 2.55. The summed E-state index contributed by atoms with van der Waals surface area (Å²) in [5, 5.41) is 13.5. The molecule has 8 nitrogen and oxygen atoms in total. The molecule has 124 valence electrons. The number of nitrogens with one attached hydrogen (secondary N) is 1. The number of carbonyl (C=O) groups is 2. The number of carbonyl (C=O) groups excluding carboxylic acids is 2. The van der Waals surface area contributed by atoms with Crippen LogP contribution in [0.4, 0.5) is 11.4 Å². The summed E-state index contributed by atoms with van der Waals surface area (Å²) in [6.07, 6.45) is 0.140. The fraction of sp³-hybridized carbons (Fsp3) is 0.467. The van der Waals surface area contributed by atoms with Crippen molar-refractivity contribution in [3.63, 3.8) is 0 Å². The van der Waals surface area contributed by atoms with E-state index in [1.54, 1.807) is 4.90 Å². The zero-order valence-corrected chi connectivity index (χ0v) is 13.2. The van der Waals surface area contributed by atoms with Gasteiger partial charge in [-0.05, 0) is 19.9 Å². The van der Waals surface area contributed by atoms with Gasteiger partial charge in [-0.15, -0.1) is 0 Å². The van der Waals surface area contributed by atoms with Crippen LogP contribution in [0.3, 0.4) is 0 Å². The smallest absolute Gasteiger partial charge is 0.271 e. The van der Waals surface area contributed by atoms with Crippen molar-refractivity contribution < 1.29 is 19.2 Å². The number of nitro groups is 1. The zero-order chi connectivity index (χ0) is 17.1. The van der Waals surface area contributed by atoms with E-state index < -0.39 is 10.8 Å². The molecule has 0 aliphatic carbocycles. The number of amides is 2. The molecule has 1 heterocycles. The van der Waals surface area contributed by atoms with Crippen molar-refractivity contribution >= 4 is 23.2 Å². The van der Waals surface area contributed by atoms with Crippen LogP contribution in [0.2, 0.25) is 0 Å². The average molecular weight is 321 g/mol. The van der Waals surface area contributed by atoms with Crippen LogP contribution in [0, 0.1) is 16.0 Å². The lowest BCUT2D eigenvalue weighted by atomic mass is 10.1. The number of anilines is 1. The number of hydrogen-bond acceptors (Lipinski definition) is 5. The number of nitrogens with zero attached hydrogens (tertiary/aromatic N) is 2. The third-order valence-electron chi connectivity index (χ3n) is 3.80. The van der Waals surface area contributed by atoms with E-state index in [4.69, 9.17) is 4.74 Å². The summed E-state index contributed by atoms with van der Waals surface area (Å²) in [4.78, 5) is 36.2. The Morgan fingerprint density at radius 3 is 2.70 bits per heavy atom. The number of nitro benzene ring substituents is 1. The van der Waals surface area contributed by atoms with Crippen LogP contribution in [0.5, 0.6) is 5.75 Å². The van der Waals surface area contributed by atoms with Crippen molar-refractivity contribution in [3.05, 3.63) is 28.3 Å². The van der Waals surface area contributed by atoms with Gasteiger partial charge >= 0.3 is 0 Å². The third kappa shape index (κ3) is 3.58. The monoisotopic (exact) mass is 321 g/mol. The Labute approximate surface area is 133 Å². The molecule has 1 aliphatic heterocycles. The lowest BCUT2D eigenvalue weighted by Crippen LogP contribution is -2.33. The van der Waals surface area contributed by atoms with E-state index >= 15 is 0 Å². The first-order chi connectivity index (χ1) is 10.8. The van der Waals surface area contributed by atoms with E-state index in [2.05, 4.69) is 5.32 Å². The average Bonchev–Trinajstić information content (AvgIpc) is 2.89. The molecule has 1 aromatic carbocycles. The topological polar surface area (TPSA) is 102 Å². The molecule has 0 aromatic heterocycles. The molecular weight excluding hydrogens is 302 g/mol. The van der Waals surface area contributed by atoms with E-state index in [9.17, 15) is 19.7 Å². The van der Waals surface area contributed by atoms with Gasteiger partial charge in [-0.3, -0.25) is 19.7 Å². The number of likely N-dealkylation sites (tertiary alicyclic amines) is 1. The number of non-ortho nitro benzene ring substituents is 1. The summed E-state index contributed by atoms with van der Waals surface area (Å²) >= 11 is 0. The maximum atomic E-state index is 12.4. The summed E-state index contributed by atoms with van der Waals surface area (Å²) in [5.74, 6) is -0.561. The van der Waals surface area contributed by atoms with Crippen LogP contribution in [-0.4, -0.2) is 41.3 Å². The molecule has 1 aliphatic rings. The van der Waals surface area contributed by atoms with Crippen LogP contribution in [0.1, 0.15) is 20.3 Å². The minimum atomic E-state index is -0.547. The van der Waals surface area contributed by atoms with Gasteiger partial charge in [0.2, 0.25) is 11.8 Å². The molecule has 0 spiro atoms. The van der Waals surface area contributed by atoms with E-state index in [0.29, 0.717) is 12.3 Å². The minimum absolute atomic E-state index is 0.0349. The van der Waals surface area contributed by atoms with Crippen molar-refractivity contribution in [3.8, 4) is 5.75 Å². The molecule has 23 heavy (non-hydrogen) atoms. The molecule has 0 bridgehead atoms. The van der Waals surface area contributed by atoms with E-state index in [-0.39, 0.29) is 35.7 Å². The largest absolute Gasteiger partial charge is 0.495 e. The number of rotatable bonds is 5. The summed E-state index contributed by atoms with van der Waals surface area (Å²) in [7, 11) is 1.41. The molecule has 8 heteroatoms. The number of hydrogen-bond donors (Lipinski definition) is 1. The van der Waals surface area contributed by atoms with Crippen molar-refractivity contribution in [2.45, 2.75) is 26.3 Å². The fourth-order valence-electron chi connectivity index (χ4n) is 2.55. The molecule has 1 saturated heterocycles. The van der Waals surface area contributed by atoms with E-state index in [0.717, 1.165) is 0 Å². The highest BCUT2D eigenvalue weighted by Crippen LogP contribution is 2.30. The van der Waals surface area contributed by atoms with Crippen molar-refractivity contribution in [2.75, 3.05) is 19.0 Å². The second-order valence-corrected chi connectivity index (χ2v) is 5.67. The van der Waals surface area contributed by atoms with Gasteiger partial charge in [0.05, 0.1) is 23.6 Å². The normalized spacial score (nSPS) is 17.5. The first-order valence-corrected chi connectivity index (χ1v) is 7.26. The number of methoxy groups -OCH3 is 1. The third-order valence-corrected chi connectivity index (χ3v) is 3.80. The molecule has 2 rings (SSSR count). The van der Waals surface area contributed by atoms with Crippen molar-refractivity contribution in [1.82, 2.24) is 4.90 Å². The Bertz CT molecular complexity index is 644. The van der Waals surface area contributed by atoms with E-state index in [1.807, 2.05) is 13.8 Å².